The Morgan fingerprint density at radius 3 is 1.98 bits per heavy atom. The fourth-order valence-corrected chi connectivity index (χ4v) is 4.34. The monoisotopic (exact) mass is 561 g/mol. The first-order valence-electron chi connectivity index (χ1n) is 16.1. The molecule has 1 atom stereocenters. The summed E-state index contributed by atoms with van der Waals surface area (Å²) in [5, 5.41) is 11.0. The molecule has 0 rings (SSSR count). The highest BCUT2D eigenvalue weighted by molar-refractivity contribution is 5.80. The molecule has 0 bridgehead atoms. The molecule has 1 unspecified atom stereocenters. The molecule has 0 aliphatic carbocycles. The minimum atomic E-state index is -1.03. The molecule has 0 fully saturated rings. The molecule has 6 heteroatoms. The highest BCUT2D eigenvalue weighted by Crippen LogP contribution is 2.14. The smallest absolute Gasteiger partial charge is 0.322 e. The second-order valence-electron chi connectivity index (χ2n) is 10.7. The number of hydrogen-bond acceptors (Lipinski definition) is 4. The van der Waals surface area contributed by atoms with Crippen LogP contribution in [0.15, 0.2) is 36.5 Å². The number of allylic oxidation sites excluding steroid dienone is 5. The number of ether oxygens (including phenoxy) is 1. The van der Waals surface area contributed by atoms with E-state index in [1.165, 1.54) is 51.4 Å². The minimum absolute atomic E-state index is 0.102. The van der Waals surface area contributed by atoms with Crippen LogP contribution in [0.25, 0.3) is 0 Å². The van der Waals surface area contributed by atoms with E-state index in [0.29, 0.717) is 12.8 Å². The van der Waals surface area contributed by atoms with Crippen LogP contribution in [-0.2, 0) is 19.1 Å². The molecule has 0 aliphatic rings. The summed E-state index contributed by atoms with van der Waals surface area (Å²) < 4.78 is 5.82. The van der Waals surface area contributed by atoms with E-state index in [2.05, 4.69) is 55.6 Å². The normalized spacial score (nSPS) is 12.4. The minimum Gasteiger partial charge on any atom is -0.480 e. The van der Waals surface area contributed by atoms with Crippen LogP contribution in [0.4, 0.5) is 0 Å². The number of esters is 1. The number of hydrogen-bond donors (Lipinski definition) is 2. The number of nitrogens with one attached hydrogen (secondary N) is 1. The Balaban J connectivity index is 4.15. The second-order valence-corrected chi connectivity index (χ2v) is 10.7. The first kappa shape index (κ1) is 37.6. The van der Waals surface area contributed by atoms with Crippen LogP contribution < -0.4 is 5.32 Å². The lowest BCUT2D eigenvalue weighted by atomic mass is 10.1. The Kier molecular flexibility index (Phi) is 27.9. The highest BCUT2D eigenvalue weighted by Gasteiger charge is 2.12. The fourth-order valence-electron chi connectivity index (χ4n) is 4.34. The van der Waals surface area contributed by atoms with Gasteiger partial charge in [0.1, 0.15) is 12.6 Å². The summed E-state index contributed by atoms with van der Waals surface area (Å²) in [5.41, 5.74) is 0. The van der Waals surface area contributed by atoms with Crippen molar-refractivity contribution < 1.29 is 24.2 Å². The Morgan fingerprint density at radius 2 is 1.27 bits per heavy atom. The summed E-state index contributed by atoms with van der Waals surface area (Å²) in [7, 11) is 0. The van der Waals surface area contributed by atoms with Gasteiger partial charge < -0.3 is 15.2 Å². The van der Waals surface area contributed by atoms with Gasteiger partial charge in [-0.3, -0.25) is 14.4 Å². The van der Waals surface area contributed by atoms with E-state index in [4.69, 9.17) is 9.84 Å². The number of carbonyl (C=O) groups is 3. The average Bonchev–Trinajstić information content (AvgIpc) is 2.93. The van der Waals surface area contributed by atoms with Crippen molar-refractivity contribution in [1.29, 1.82) is 0 Å². The maximum Gasteiger partial charge on any atom is 0.322 e. The lowest BCUT2D eigenvalue weighted by Crippen LogP contribution is -2.28. The molecule has 40 heavy (non-hydrogen) atoms. The van der Waals surface area contributed by atoms with E-state index < -0.39 is 5.97 Å². The van der Waals surface area contributed by atoms with Gasteiger partial charge >= 0.3 is 11.9 Å². The topological polar surface area (TPSA) is 92.7 Å². The quantitative estimate of drug-likeness (QED) is 0.0565. The summed E-state index contributed by atoms with van der Waals surface area (Å²) >= 11 is 0. The molecule has 2 N–H and O–H groups in total. The van der Waals surface area contributed by atoms with E-state index in [0.717, 1.165) is 70.6 Å². The highest BCUT2D eigenvalue weighted by atomic mass is 16.5. The number of amides is 1. The Hall–Kier alpha value is -2.37. The van der Waals surface area contributed by atoms with Crippen LogP contribution in [0.5, 0.6) is 0 Å². The van der Waals surface area contributed by atoms with Gasteiger partial charge in [-0.2, -0.15) is 0 Å². The molecule has 0 spiro atoms. The summed E-state index contributed by atoms with van der Waals surface area (Å²) in [6.45, 7) is 4.08. The third kappa shape index (κ3) is 28.6. The van der Waals surface area contributed by atoms with Crippen molar-refractivity contribution in [3.63, 3.8) is 0 Å². The van der Waals surface area contributed by atoms with Gasteiger partial charge in [-0.15, -0.1) is 0 Å². The van der Waals surface area contributed by atoms with Crippen molar-refractivity contribution in [2.45, 2.75) is 155 Å². The van der Waals surface area contributed by atoms with E-state index in [9.17, 15) is 14.4 Å². The fraction of sp³-hybridized carbons (Fsp3) is 0.735. The Bertz CT molecular complexity index is 713. The van der Waals surface area contributed by atoms with Gasteiger partial charge in [-0.25, -0.2) is 0 Å². The molecule has 0 saturated carbocycles. The molecule has 0 aromatic rings. The molecular formula is C34H59NO5. The number of aliphatic carboxylic acids is 1. The SMILES string of the molecule is CCC/C=C\C/C=C\CCCCCCCC(=O)OC(/C=C\CCCCCC)CCCCCCC(=O)NCC(=O)O. The van der Waals surface area contributed by atoms with Gasteiger partial charge in [-0.1, -0.05) is 102 Å². The largest absolute Gasteiger partial charge is 0.480 e. The van der Waals surface area contributed by atoms with E-state index in [1.807, 2.05) is 0 Å². The van der Waals surface area contributed by atoms with Gasteiger partial charge in [0.2, 0.25) is 5.91 Å². The van der Waals surface area contributed by atoms with Gasteiger partial charge in [0, 0.05) is 12.8 Å². The predicted molar refractivity (Wildman–Crippen MR) is 166 cm³/mol. The molecule has 0 radical (unpaired) electrons. The van der Waals surface area contributed by atoms with Crippen molar-refractivity contribution >= 4 is 17.8 Å². The average molecular weight is 562 g/mol. The predicted octanol–water partition coefficient (Wildman–Crippen LogP) is 9.00. The number of carbonyl (C=O) groups excluding carboxylic acids is 2. The van der Waals surface area contributed by atoms with Crippen molar-refractivity contribution in [3.05, 3.63) is 36.5 Å². The molecular weight excluding hydrogens is 502 g/mol. The molecule has 230 valence electrons. The van der Waals surface area contributed by atoms with Gasteiger partial charge in [0.15, 0.2) is 0 Å². The maximum atomic E-state index is 12.5. The van der Waals surface area contributed by atoms with E-state index >= 15 is 0 Å². The lowest BCUT2D eigenvalue weighted by Gasteiger charge is -2.15. The van der Waals surface area contributed by atoms with Crippen LogP contribution >= 0.6 is 0 Å². The zero-order valence-electron chi connectivity index (χ0n) is 25.7. The third-order valence-corrected chi connectivity index (χ3v) is 6.75. The Labute approximate surface area is 245 Å². The van der Waals surface area contributed by atoms with Crippen molar-refractivity contribution in [1.82, 2.24) is 5.32 Å². The van der Waals surface area contributed by atoms with Crippen molar-refractivity contribution in [3.8, 4) is 0 Å². The third-order valence-electron chi connectivity index (χ3n) is 6.75. The molecule has 0 aromatic carbocycles. The number of carboxylic acid groups (broad SMARTS) is 1. The first-order valence-corrected chi connectivity index (χ1v) is 16.1. The van der Waals surface area contributed by atoms with Crippen LogP contribution in [0, 0.1) is 0 Å². The molecule has 0 aromatic heterocycles. The van der Waals surface area contributed by atoms with E-state index in [-0.39, 0.29) is 24.5 Å². The van der Waals surface area contributed by atoms with Gasteiger partial charge in [0.25, 0.3) is 0 Å². The molecule has 0 aliphatic heterocycles. The molecule has 1 amide bonds. The second kappa shape index (κ2) is 29.6. The van der Waals surface area contributed by atoms with Crippen LogP contribution in [0.1, 0.15) is 149 Å². The number of unbranched alkanes of at least 4 members (excludes halogenated alkanes) is 13. The molecule has 0 saturated heterocycles. The summed E-state index contributed by atoms with van der Waals surface area (Å²) in [5.74, 6) is -1.35. The lowest BCUT2D eigenvalue weighted by molar-refractivity contribution is -0.147. The van der Waals surface area contributed by atoms with E-state index in [1.54, 1.807) is 0 Å². The van der Waals surface area contributed by atoms with Gasteiger partial charge in [0.05, 0.1) is 0 Å². The maximum absolute atomic E-state index is 12.5. The van der Waals surface area contributed by atoms with Crippen molar-refractivity contribution in [2.24, 2.45) is 0 Å². The number of rotatable bonds is 28. The zero-order valence-corrected chi connectivity index (χ0v) is 25.7. The molecule has 0 heterocycles. The van der Waals surface area contributed by atoms with Gasteiger partial charge in [-0.05, 0) is 70.3 Å². The summed E-state index contributed by atoms with van der Waals surface area (Å²) in [6.07, 6.45) is 34.2. The number of carboxylic acids is 1. The molecule has 6 nitrogen and oxygen atoms in total. The first-order chi connectivity index (χ1) is 19.5. The summed E-state index contributed by atoms with van der Waals surface area (Å²) in [4.78, 5) is 34.6. The van der Waals surface area contributed by atoms with Crippen molar-refractivity contribution in [2.75, 3.05) is 6.54 Å². The Morgan fingerprint density at radius 1 is 0.675 bits per heavy atom. The van der Waals surface area contributed by atoms with Crippen LogP contribution in [0.3, 0.4) is 0 Å². The zero-order chi connectivity index (χ0) is 29.5. The standard InChI is InChI=1S/C34H59NO5/c1-3-5-7-9-11-12-13-14-15-16-17-19-25-29-34(39)40-31(26-22-18-10-8-6-4-2)27-23-20-21-24-28-32(36)35-30-33(37)38/h7,9,12-13,22,26,31H,3-6,8,10-11,14-21,23-25,27-30H2,1-2H3,(H,35,36)(H,37,38)/b9-7-,13-12-,26-22-. The summed E-state index contributed by atoms with van der Waals surface area (Å²) in [6, 6.07) is 0. The van der Waals surface area contributed by atoms with Crippen LogP contribution in [0.2, 0.25) is 0 Å². The van der Waals surface area contributed by atoms with Crippen LogP contribution in [-0.4, -0.2) is 35.6 Å².